The number of hydrogen-bond donors (Lipinski definition) is 0. The van der Waals surface area contributed by atoms with Gasteiger partial charge < -0.3 is 4.57 Å². The third kappa shape index (κ3) is 3.58. The van der Waals surface area contributed by atoms with Crippen molar-refractivity contribution in [1.29, 1.82) is 0 Å². The summed E-state index contributed by atoms with van der Waals surface area (Å²) in [5.74, 6) is 0.837. The van der Waals surface area contributed by atoms with Crippen LogP contribution < -0.4 is 0 Å². The molecule has 0 fully saturated rings. The predicted molar refractivity (Wildman–Crippen MR) is 77.3 cm³/mol. The van der Waals surface area contributed by atoms with Gasteiger partial charge in [0.15, 0.2) is 5.03 Å². The molecular weight excluding hydrogens is 298 g/mol. The first-order chi connectivity index (χ1) is 9.38. The zero-order valence-corrected chi connectivity index (χ0v) is 12.9. The average molecular weight is 314 g/mol. The first-order valence-electron chi connectivity index (χ1n) is 6.28. The Morgan fingerprint density at radius 2 is 2.15 bits per heavy atom. The lowest BCUT2D eigenvalue weighted by Gasteiger charge is -2.09. The zero-order chi connectivity index (χ0) is 14.8. The van der Waals surface area contributed by atoms with Gasteiger partial charge in [-0.25, -0.2) is 13.4 Å². The van der Waals surface area contributed by atoms with Crippen molar-refractivity contribution in [2.75, 3.05) is 0 Å². The highest BCUT2D eigenvalue weighted by Crippen LogP contribution is 2.20. The van der Waals surface area contributed by atoms with Crippen molar-refractivity contribution in [3.63, 3.8) is 0 Å². The van der Waals surface area contributed by atoms with Crippen LogP contribution in [0.5, 0.6) is 0 Å². The van der Waals surface area contributed by atoms with Crippen molar-refractivity contribution in [1.82, 2.24) is 14.5 Å². The van der Waals surface area contributed by atoms with Crippen LogP contribution >= 0.6 is 10.7 Å². The van der Waals surface area contributed by atoms with E-state index in [1.54, 1.807) is 12.4 Å². The van der Waals surface area contributed by atoms with Crippen molar-refractivity contribution >= 4 is 19.7 Å². The van der Waals surface area contributed by atoms with E-state index in [9.17, 15) is 8.42 Å². The third-order valence-corrected chi connectivity index (χ3v) is 4.09. The van der Waals surface area contributed by atoms with Crippen molar-refractivity contribution in [3.8, 4) is 0 Å². The molecule has 0 aromatic carbocycles. The second-order valence-electron chi connectivity index (χ2n) is 4.83. The largest absolute Gasteiger partial charge is 0.333 e. The minimum absolute atomic E-state index is 0.0888. The fraction of sp³-hybridized carbons (Fsp3) is 0.385. The normalized spacial score (nSPS) is 12.0. The summed E-state index contributed by atoms with van der Waals surface area (Å²) in [6, 6.07) is 3.86. The number of aromatic nitrogens is 3. The second-order valence-corrected chi connectivity index (χ2v) is 7.35. The molecule has 0 aliphatic carbocycles. The molecule has 7 heteroatoms. The molecule has 0 amide bonds. The molecule has 0 saturated heterocycles. The van der Waals surface area contributed by atoms with Crippen molar-refractivity contribution < 1.29 is 8.42 Å². The maximum atomic E-state index is 11.4. The van der Waals surface area contributed by atoms with Gasteiger partial charge in [0.2, 0.25) is 0 Å². The number of imidazole rings is 1. The van der Waals surface area contributed by atoms with Gasteiger partial charge in [-0.05, 0) is 18.1 Å². The van der Waals surface area contributed by atoms with Gasteiger partial charge in [-0.15, -0.1) is 0 Å². The van der Waals surface area contributed by atoms with Crippen LogP contribution in [0, 0.1) is 0 Å². The summed E-state index contributed by atoms with van der Waals surface area (Å²) in [5.41, 5.74) is 1.09. The van der Waals surface area contributed by atoms with Crippen molar-refractivity contribution in [3.05, 3.63) is 42.1 Å². The quantitative estimate of drug-likeness (QED) is 0.796. The highest BCUT2D eigenvalue weighted by Gasteiger charge is 2.19. The maximum Gasteiger partial charge on any atom is 0.280 e. The molecule has 0 bridgehead atoms. The van der Waals surface area contributed by atoms with E-state index in [0.717, 1.165) is 12.0 Å². The van der Waals surface area contributed by atoms with Gasteiger partial charge in [-0.3, -0.25) is 4.98 Å². The molecule has 0 atom stereocenters. The molecule has 2 aromatic heterocycles. The van der Waals surface area contributed by atoms with Crippen LogP contribution in [0.1, 0.15) is 31.2 Å². The summed E-state index contributed by atoms with van der Waals surface area (Å²) in [5, 5.41) is -0.0888. The van der Waals surface area contributed by atoms with Gasteiger partial charge >= 0.3 is 0 Å². The number of halogens is 1. The van der Waals surface area contributed by atoms with E-state index in [1.165, 1.54) is 6.20 Å². The van der Waals surface area contributed by atoms with E-state index in [4.69, 9.17) is 10.7 Å². The van der Waals surface area contributed by atoms with Crippen LogP contribution in [0.15, 0.2) is 35.7 Å². The molecule has 0 radical (unpaired) electrons. The first kappa shape index (κ1) is 15.0. The smallest absolute Gasteiger partial charge is 0.280 e. The van der Waals surface area contributed by atoms with Crippen LogP contribution in [0.25, 0.3) is 0 Å². The van der Waals surface area contributed by atoms with Crippen LogP contribution in [-0.2, 0) is 22.0 Å². The molecule has 0 saturated carbocycles. The lowest BCUT2D eigenvalue weighted by Crippen LogP contribution is -2.06. The molecule has 0 spiro atoms. The van der Waals surface area contributed by atoms with Gasteiger partial charge in [0.05, 0.1) is 0 Å². The molecular formula is C13H16ClN3O2S. The zero-order valence-electron chi connectivity index (χ0n) is 11.3. The van der Waals surface area contributed by atoms with Gasteiger partial charge in [0.25, 0.3) is 9.05 Å². The van der Waals surface area contributed by atoms with Crippen LogP contribution in [0.4, 0.5) is 0 Å². The summed E-state index contributed by atoms with van der Waals surface area (Å²) in [7, 11) is 1.56. The summed E-state index contributed by atoms with van der Waals surface area (Å²) >= 11 is 0. The monoisotopic (exact) mass is 313 g/mol. The lowest BCUT2D eigenvalue weighted by atomic mass is 10.2. The Hall–Kier alpha value is -1.40. The molecule has 5 nitrogen and oxygen atoms in total. The number of hydrogen-bond acceptors (Lipinski definition) is 4. The van der Waals surface area contributed by atoms with Crippen LogP contribution in [-0.4, -0.2) is 23.0 Å². The molecule has 0 unspecified atom stereocenters. The number of nitrogens with zero attached hydrogens (tertiary/aromatic N) is 3. The maximum absolute atomic E-state index is 11.4. The molecule has 2 rings (SSSR count). The Balaban J connectivity index is 2.24. The third-order valence-electron chi connectivity index (χ3n) is 2.92. The summed E-state index contributed by atoms with van der Waals surface area (Å²) < 4.78 is 24.6. The fourth-order valence-electron chi connectivity index (χ4n) is 1.96. The topological polar surface area (TPSA) is 64.8 Å². The number of pyridine rings is 1. The fourth-order valence-corrected chi connectivity index (χ4v) is 2.64. The van der Waals surface area contributed by atoms with Crippen molar-refractivity contribution in [2.24, 2.45) is 0 Å². The molecule has 2 aromatic rings. The van der Waals surface area contributed by atoms with Crippen LogP contribution in [0.3, 0.4) is 0 Å². The van der Waals surface area contributed by atoms with E-state index in [0.29, 0.717) is 12.4 Å². The Bertz CT molecular complexity index is 681. The highest BCUT2D eigenvalue weighted by atomic mass is 35.7. The standard InChI is InChI=1S/C13H16ClN3O2S/c1-10(2)13-16-12(20(14,18)19)9-17(13)7-5-11-4-3-6-15-8-11/h3-4,6,8-10H,5,7H2,1-2H3. The average Bonchev–Trinajstić information content (AvgIpc) is 2.82. The minimum Gasteiger partial charge on any atom is -0.333 e. The number of rotatable bonds is 5. The van der Waals surface area contributed by atoms with Crippen molar-refractivity contribution in [2.45, 2.75) is 37.8 Å². The van der Waals surface area contributed by atoms with E-state index in [-0.39, 0.29) is 10.9 Å². The molecule has 0 N–H and O–H groups in total. The Morgan fingerprint density at radius 1 is 1.40 bits per heavy atom. The minimum atomic E-state index is -3.79. The van der Waals surface area contributed by atoms with Gasteiger partial charge in [0.1, 0.15) is 5.82 Å². The van der Waals surface area contributed by atoms with Gasteiger partial charge in [-0.1, -0.05) is 19.9 Å². The Labute approximate surface area is 123 Å². The Kier molecular flexibility index (Phi) is 4.45. The Morgan fingerprint density at radius 3 is 2.70 bits per heavy atom. The first-order valence-corrected chi connectivity index (χ1v) is 8.59. The molecule has 0 aliphatic heterocycles. The summed E-state index contributed by atoms with van der Waals surface area (Å²) in [6.45, 7) is 4.57. The molecule has 0 aliphatic rings. The second kappa shape index (κ2) is 5.93. The molecule has 108 valence electrons. The van der Waals surface area contributed by atoms with Gasteiger partial charge in [-0.2, -0.15) is 0 Å². The summed E-state index contributed by atoms with van der Waals surface area (Å²) in [6.07, 6.45) is 5.77. The summed E-state index contributed by atoms with van der Waals surface area (Å²) in [4.78, 5) is 8.18. The number of aryl methyl sites for hydroxylation is 2. The lowest BCUT2D eigenvalue weighted by molar-refractivity contribution is 0.606. The van der Waals surface area contributed by atoms with Crippen LogP contribution in [0.2, 0.25) is 0 Å². The SMILES string of the molecule is CC(C)c1nc(S(=O)(=O)Cl)cn1CCc1cccnc1. The van der Waals surface area contributed by atoms with E-state index >= 15 is 0 Å². The van der Waals surface area contributed by atoms with E-state index in [1.807, 2.05) is 30.5 Å². The van der Waals surface area contributed by atoms with E-state index in [2.05, 4.69) is 9.97 Å². The van der Waals surface area contributed by atoms with Gasteiger partial charge in [0, 0.05) is 41.7 Å². The molecule has 20 heavy (non-hydrogen) atoms. The predicted octanol–water partition coefficient (Wildman–Crippen LogP) is 2.57. The van der Waals surface area contributed by atoms with E-state index < -0.39 is 9.05 Å². The molecule has 2 heterocycles. The highest BCUT2D eigenvalue weighted by molar-refractivity contribution is 8.13.